The van der Waals surface area contributed by atoms with E-state index in [0.717, 1.165) is 32.6 Å². The number of carbonyl (C=O) groups excluding carboxylic acids is 1. The summed E-state index contributed by atoms with van der Waals surface area (Å²) in [5, 5.41) is 13.0. The highest BCUT2D eigenvalue weighted by Crippen LogP contribution is 2.28. The van der Waals surface area contributed by atoms with Crippen LogP contribution in [0.3, 0.4) is 0 Å². The quantitative estimate of drug-likeness (QED) is 0.458. The van der Waals surface area contributed by atoms with E-state index in [4.69, 9.17) is 4.74 Å². The van der Waals surface area contributed by atoms with E-state index in [0.29, 0.717) is 12.2 Å². The minimum Gasteiger partial charge on any atom is -0.487 e. The normalized spacial score (nSPS) is 16.1. The van der Waals surface area contributed by atoms with Crippen LogP contribution in [-0.4, -0.2) is 60.6 Å². The van der Waals surface area contributed by atoms with Crippen molar-refractivity contribution in [2.45, 2.75) is 13.3 Å². The number of hydrogen-bond donors (Lipinski definition) is 1. The molecule has 1 heterocycles. The van der Waals surface area contributed by atoms with E-state index in [1.54, 1.807) is 18.2 Å². The number of piperazine rings is 1. The van der Waals surface area contributed by atoms with Gasteiger partial charge < -0.3 is 9.64 Å². The van der Waals surface area contributed by atoms with E-state index in [9.17, 15) is 14.9 Å². The van der Waals surface area contributed by atoms with E-state index < -0.39 is 4.92 Å². The van der Waals surface area contributed by atoms with Gasteiger partial charge in [0.05, 0.1) is 11.5 Å². The second-order valence-corrected chi connectivity index (χ2v) is 5.93. The Bertz CT molecular complexity index is 640. The number of nitrogens with one attached hydrogen (secondary N) is 1. The minimum absolute atomic E-state index is 0.102. The molecular weight excluding hydrogens is 324 g/mol. The molecule has 0 unspecified atom stereocenters. The number of nitro benzene ring substituents is 1. The van der Waals surface area contributed by atoms with E-state index in [-0.39, 0.29) is 17.3 Å². The highest BCUT2D eigenvalue weighted by Gasteiger charge is 2.16. The van der Waals surface area contributed by atoms with Crippen molar-refractivity contribution in [2.75, 3.05) is 39.8 Å². The first kappa shape index (κ1) is 18.9. The number of hydrogen-bond acceptors (Lipinski definition) is 6. The largest absolute Gasteiger partial charge is 0.487 e. The monoisotopic (exact) mass is 348 g/mol. The van der Waals surface area contributed by atoms with E-state index >= 15 is 0 Å². The van der Waals surface area contributed by atoms with Gasteiger partial charge in [-0.2, -0.15) is 0 Å². The third kappa shape index (κ3) is 5.84. The third-order valence-corrected chi connectivity index (χ3v) is 3.84. The fraction of sp³-hybridized carbons (Fsp3) is 0.471. The van der Waals surface area contributed by atoms with Gasteiger partial charge in [-0.3, -0.25) is 20.3 Å². The van der Waals surface area contributed by atoms with Crippen LogP contribution in [0.25, 0.3) is 6.08 Å². The second-order valence-electron chi connectivity index (χ2n) is 5.93. The average Bonchev–Trinajstić information content (AvgIpc) is 2.60. The molecule has 0 bridgehead atoms. The van der Waals surface area contributed by atoms with Gasteiger partial charge in [-0.25, -0.2) is 5.01 Å². The smallest absolute Gasteiger partial charge is 0.311 e. The molecule has 1 aliphatic heterocycles. The maximum absolute atomic E-state index is 12.0. The van der Waals surface area contributed by atoms with Crippen molar-refractivity contribution in [2.24, 2.45) is 0 Å². The van der Waals surface area contributed by atoms with Crippen LogP contribution in [0.4, 0.5) is 5.69 Å². The Morgan fingerprint density at radius 2 is 2.08 bits per heavy atom. The number of benzene rings is 1. The molecule has 1 N–H and O–H groups in total. The molecule has 0 radical (unpaired) electrons. The number of ether oxygens (including phenoxy) is 1. The van der Waals surface area contributed by atoms with Gasteiger partial charge in [0, 0.05) is 38.3 Å². The molecule has 25 heavy (non-hydrogen) atoms. The molecule has 0 spiro atoms. The zero-order valence-electron chi connectivity index (χ0n) is 14.6. The van der Waals surface area contributed by atoms with Gasteiger partial charge in [-0.15, -0.1) is 0 Å². The summed E-state index contributed by atoms with van der Waals surface area (Å²) < 4.78 is 5.38. The van der Waals surface area contributed by atoms with Crippen LogP contribution < -0.4 is 10.2 Å². The van der Waals surface area contributed by atoms with Gasteiger partial charge in [-0.05, 0) is 31.2 Å². The first-order valence-corrected chi connectivity index (χ1v) is 8.33. The topological polar surface area (TPSA) is 88.0 Å². The molecule has 1 amide bonds. The summed E-state index contributed by atoms with van der Waals surface area (Å²) in [6, 6.07) is 4.66. The number of carbonyl (C=O) groups is 1. The Balaban J connectivity index is 1.98. The summed E-state index contributed by atoms with van der Waals surface area (Å²) in [7, 11) is 2.04. The maximum atomic E-state index is 12.0. The minimum atomic E-state index is -0.480. The molecular formula is C17H24N4O4. The molecule has 136 valence electrons. The number of nitrogens with zero attached hydrogens (tertiary/aromatic N) is 3. The summed E-state index contributed by atoms with van der Waals surface area (Å²) in [6.07, 6.45) is 3.71. The van der Waals surface area contributed by atoms with E-state index in [1.807, 2.05) is 19.0 Å². The van der Waals surface area contributed by atoms with Gasteiger partial charge in [0.15, 0.2) is 5.75 Å². The molecule has 0 aliphatic carbocycles. The molecule has 1 aromatic rings. The highest BCUT2D eigenvalue weighted by molar-refractivity contribution is 5.91. The summed E-state index contributed by atoms with van der Waals surface area (Å²) in [5.74, 6) is -0.00981. The molecule has 0 saturated carbocycles. The van der Waals surface area contributed by atoms with Crippen molar-refractivity contribution in [1.29, 1.82) is 0 Å². The van der Waals surface area contributed by atoms with Crippen LogP contribution in [0.5, 0.6) is 5.75 Å². The summed E-state index contributed by atoms with van der Waals surface area (Å²) in [4.78, 5) is 24.9. The van der Waals surface area contributed by atoms with Crippen molar-refractivity contribution in [3.63, 3.8) is 0 Å². The van der Waals surface area contributed by atoms with E-state index in [1.165, 1.54) is 12.1 Å². The first-order chi connectivity index (χ1) is 12.0. The first-order valence-electron chi connectivity index (χ1n) is 8.33. The lowest BCUT2D eigenvalue weighted by Crippen LogP contribution is -2.52. The Morgan fingerprint density at radius 3 is 2.72 bits per heavy atom. The second kappa shape index (κ2) is 9.14. The summed E-state index contributed by atoms with van der Waals surface area (Å²) in [6.45, 7) is 5.69. The molecule has 2 rings (SSSR count). The maximum Gasteiger partial charge on any atom is 0.311 e. The fourth-order valence-electron chi connectivity index (χ4n) is 2.40. The third-order valence-electron chi connectivity index (χ3n) is 3.84. The zero-order chi connectivity index (χ0) is 18.2. The van der Waals surface area contributed by atoms with Crippen molar-refractivity contribution >= 4 is 17.7 Å². The van der Waals surface area contributed by atoms with Crippen molar-refractivity contribution in [1.82, 2.24) is 15.3 Å². The Hall–Kier alpha value is -2.45. The van der Waals surface area contributed by atoms with Gasteiger partial charge >= 0.3 is 5.69 Å². The predicted molar refractivity (Wildman–Crippen MR) is 95.1 cm³/mol. The Labute approximate surface area is 147 Å². The standard InChI is InChI=1S/C17H24N4O4/c1-3-12-25-16-6-4-14(13-15(16)21(23)24)5-7-17(22)18-20-10-8-19(2)9-11-20/h4-7,13H,3,8-12H2,1-2H3,(H,18,22)/b7-5+. The van der Waals surface area contributed by atoms with Crippen LogP contribution in [0, 0.1) is 10.1 Å². The number of hydrazine groups is 1. The Morgan fingerprint density at radius 1 is 1.36 bits per heavy atom. The molecule has 1 aromatic carbocycles. The molecule has 8 nitrogen and oxygen atoms in total. The van der Waals surface area contributed by atoms with Crippen LogP contribution in [0.1, 0.15) is 18.9 Å². The predicted octanol–water partition coefficient (Wildman–Crippen LogP) is 1.68. The van der Waals surface area contributed by atoms with Crippen molar-refractivity contribution in [3.8, 4) is 5.75 Å². The molecule has 1 aliphatic rings. The zero-order valence-corrected chi connectivity index (χ0v) is 14.6. The van der Waals surface area contributed by atoms with Crippen LogP contribution >= 0.6 is 0 Å². The Kier molecular flexibility index (Phi) is 6.91. The summed E-state index contributed by atoms with van der Waals surface area (Å²) >= 11 is 0. The highest BCUT2D eigenvalue weighted by atomic mass is 16.6. The lowest BCUT2D eigenvalue weighted by atomic mass is 10.1. The number of amides is 1. The van der Waals surface area contributed by atoms with Gasteiger partial charge in [-0.1, -0.05) is 13.0 Å². The van der Waals surface area contributed by atoms with Crippen molar-refractivity contribution in [3.05, 3.63) is 40.0 Å². The molecule has 1 saturated heterocycles. The number of likely N-dealkylation sites (N-methyl/N-ethyl adjacent to an activating group) is 1. The molecule has 1 fully saturated rings. The van der Waals surface area contributed by atoms with Crippen molar-refractivity contribution < 1.29 is 14.5 Å². The van der Waals surface area contributed by atoms with Crippen LogP contribution in [-0.2, 0) is 4.79 Å². The molecule has 0 aromatic heterocycles. The fourth-order valence-corrected chi connectivity index (χ4v) is 2.40. The molecule has 0 atom stereocenters. The van der Waals surface area contributed by atoms with Gasteiger partial charge in [0.25, 0.3) is 5.91 Å². The van der Waals surface area contributed by atoms with Crippen LogP contribution in [0.2, 0.25) is 0 Å². The number of nitro groups is 1. The lowest BCUT2D eigenvalue weighted by Gasteiger charge is -2.31. The lowest BCUT2D eigenvalue weighted by molar-refractivity contribution is -0.385. The number of rotatable bonds is 7. The van der Waals surface area contributed by atoms with Crippen LogP contribution in [0.15, 0.2) is 24.3 Å². The van der Waals surface area contributed by atoms with E-state index in [2.05, 4.69) is 10.3 Å². The van der Waals surface area contributed by atoms with Gasteiger partial charge in [0.2, 0.25) is 0 Å². The van der Waals surface area contributed by atoms with Gasteiger partial charge in [0.1, 0.15) is 0 Å². The average molecular weight is 348 g/mol. The summed E-state index contributed by atoms with van der Waals surface area (Å²) in [5.41, 5.74) is 3.28. The molecule has 8 heteroatoms. The SMILES string of the molecule is CCCOc1ccc(/C=C/C(=O)NN2CCN(C)CC2)cc1[N+](=O)[O-].